The van der Waals surface area contributed by atoms with E-state index in [9.17, 15) is 19.7 Å². The highest BCUT2D eigenvalue weighted by Crippen LogP contribution is 2.25. The number of nitrogens with zero attached hydrogens (tertiary/aromatic N) is 1. The number of ether oxygens (including phenoxy) is 1. The Morgan fingerprint density at radius 3 is 2.59 bits per heavy atom. The fourth-order valence-corrected chi connectivity index (χ4v) is 3.59. The molecule has 0 aliphatic rings. The Hall–Kier alpha value is -2.62. The van der Waals surface area contributed by atoms with Crippen LogP contribution < -0.4 is 10.6 Å². The molecule has 0 spiro atoms. The molecule has 172 valence electrons. The maximum absolute atomic E-state index is 12.8. The summed E-state index contributed by atoms with van der Waals surface area (Å²) in [7, 11) is 0. The monoisotopic (exact) mass is 479 g/mol. The van der Waals surface area contributed by atoms with Gasteiger partial charge in [0, 0.05) is 24.8 Å². The molecule has 0 saturated heterocycles. The number of nitro benzene ring substituents is 1. The van der Waals surface area contributed by atoms with Gasteiger partial charge in [-0.3, -0.25) is 19.7 Å². The average molecular weight is 480 g/mol. The van der Waals surface area contributed by atoms with Gasteiger partial charge in [0.25, 0.3) is 11.6 Å². The molecular formula is C22H26ClN3O5S. The van der Waals surface area contributed by atoms with Gasteiger partial charge in [0.2, 0.25) is 5.91 Å². The number of nitro groups is 1. The molecule has 8 nitrogen and oxygen atoms in total. The predicted molar refractivity (Wildman–Crippen MR) is 126 cm³/mol. The fraction of sp³-hybridized carbons (Fsp3) is 0.364. The van der Waals surface area contributed by atoms with Crippen molar-refractivity contribution < 1.29 is 19.2 Å². The molecule has 0 saturated carbocycles. The van der Waals surface area contributed by atoms with Crippen LogP contribution in [-0.2, 0) is 22.7 Å². The highest BCUT2D eigenvalue weighted by Gasteiger charge is 2.23. The van der Waals surface area contributed by atoms with Crippen molar-refractivity contribution in [3.05, 3.63) is 74.3 Å². The van der Waals surface area contributed by atoms with E-state index in [1.54, 1.807) is 11.8 Å². The fourth-order valence-electron chi connectivity index (χ4n) is 2.93. The van der Waals surface area contributed by atoms with Gasteiger partial charge >= 0.3 is 0 Å². The van der Waals surface area contributed by atoms with E-state index in [0.29, 0.717) is 31.9 Å². The SMILES string of the molecule is CCOCc1ccccc1CNC(=O)C(CCSC)NC(=O)c1ccc(Cl)c([N+](=O)[O-])c1. The van der Waals surface area contributed by atoms with Crippen LogP contribution in [-0.4, -0.2) is 41.4 Å². The van der Waals surface area contributed by atoms with E-state index in [-0.39, 0.29) is 22.2 Å². The summed E-state index contributed by atoms with van der Waals surface area (Å²) in [6.07, 6.45) is 2.32. The number of amides is 2. The number of benzene rings is 2. The Bertz CT molecular complexity index is 957. The average Bonchev–Trinajstić information content (AvgIpc) is 2.79. The summed E-state index contributed by atoms with van der Waals surface area (Å²) in [4.78, 5) is 36.0. The van der Waals surface area contributed by atoms with Crippen molar-refractivity contribution in [2.45, 2.75) is 32.5 Å². The number of carbonyl (C=O) groups excluding carboxylic acids is 2. The third kappa shape index (κ3) is 7.51. The lowest BCUT2D eigenvalue weighted by Gasteiger charge is -2.19. The first-order valence-corrected chi connectivity index (χ1v) is 11.8. The zero-order valence-electron chi connectivity index (χ0n) is 17.9. The molecule has 32 heavy (non-hydrogen) atoms. The molecule has 0 fully saturated rings. The molecular weight excluding hydrogens is 454 g/mol. The second-order valence-electron chi connectivity index (χ2n) is 6.85. The Morgan fingerprint density at radius 1 is 1.22 bits per heavy atom. The molecule has 0 heterocycles. The molecule has 2 aromatic carbocycles. The van der Waals surface area contributed by atoms with Gasteiger partial charge in [-0.25, -0.2) is 0 Å². The van der Waals surface area contributed by atoms with Crippen LogP contribution in [0.1, 0.15) is 34.8 Å². The summed E-state index contributed by atoms with van der Waals surface area (Å²) in [5.41, 5.74) is 1.60. The topological polar surface area (TPSA) is 111 Å². The van der Waals surface area contributed by atoms with E-state index >= 15 is 0 Å². The second kappa shape index (κ2) is 13.0. The molecule has 1 atom stereocenters. The van der Waals surface area contributed by atoms with Crippen molar-refractivity contribution in [3.8, 4) is 0 Å². The molecule has 2 amide bonds. The van der Waals surface area contributed by atoms with E-state index in [1.165, 1.54) is 12.1 Å². The third-order valence-electron chi connectivity index (χ3n) is 4.67. The number of hydrogen-bond donors (Lipinski definition) is 2. The largest absolute Gasteiger partial charge is 0.377 e. The van der Waals surface area contributed by atoms with Crippen molar-refractivity contribution >= 4 is 40.9 Å². The first-order valence-electron chi connectivity index (χ1n) is 10.0. The zero-order valence-corrected chi connectivity index (χ0v) is 19.5. The van der Waals surface area contributed by atoms with Gasteiger partial charge in [-0.1, -0.05) is 35.9 Å². The van der Waals surface area contributed by atoms with E-state index in [0.717, 1.165) is 17.2 Å². The summed E-state index contributed by atoms with van der Waals surface area (Å²) >= 11 is 7.37. The molecule has 2 aromatic rings. The summed E-state index contributed by atoms with van der Waals surface area (Å²) < 4.78 is 5.47. The lowest BCUT2D eigenvalue weighted by molar-refractivity contribution is -0.384. The maximum Gasteiger partial charge on any atom is 0.288 e. The van der Waals surface area contributed by atoms with Crippen LogP contribution in [0, 0.1) is 10.1 Å². The number of rotatable bonds is 12. The Morgan fingerprint density at radius 2 is 1.94 bits per heavy atom. The third-order valence-corrected chi connectivity index (χ3v) is 5.63. The van der Waals surface area contributed by atoms with Crippen molar-refractivity contribution in [2.75, 3.05) is 18.6 Å². The van der Waals surface area contributed by atoms with Crippen molar-refractivity contribution in [1.29, 1.82) is 0 Å². The van der Waals surface area contributed by atoms with Gasteiger partial charge in [-0.15, -0.1) is 0 Å². The van der Waals surface area contributed by atoms with Crippen molar-refractivity contribution in [1.82, 2.24) is 10.6 Å². The lowest BCUT2D eigenvalue weighted by Crippen LogP contribution is -2.47. The van der Waals surface area contributed by atoms with Gasteiger partial charge in [-0.05, 0) is 48.6 Å². The number of thioether (sulfide) groups is 1. The smallest absolute Gasteiger partial charge is 0.288 e. The quantitative estimate of drug-likeness (QED) is 0.352. The summed E-state index contributed by atoms with van der Waals surface area (Å²) in [6, 6.07) is 10.6. The molecule has 0 radical (unpaired) electrons. The first kappa shape index (κ1) is 25.6. The van der Waals surface area contributed by atoms with E-state index in [1.807, 2.05) is 37.4 Å². The van der Waals surface area contributed by atoms with Crippen LogP contribution in [0.3, 0.4) is 0 Å². The number of halogens is 1. The Labute approximate surface area is 196 Å². The Balaban J connectivity index is 2.09. The molecule has 0 aromatic heterocycles. The molecule has 10 heteroatoms. The van der Waals surface area contributed by atoms with Crippen molar-refractivity contribution in [3.63, 3.8) is 0 Å². The molecule has 2 rings (SSSR count). The highest BCUT2D eigenvalue weighted by molar-refractivity contribution is 7.98. The molecule has 0 bridgehead atoms. The minimum absolute atomic E-state index is 0.0603. The molecule has 0 aliphatic carbocycles. The number of carbonyl (C=O) groups is 2. The van der Waals surface area contributed by atoms with E-state index < -0.39 is 16.9 Å². The summed E-state index contributed by atoms with van der Waals surface area (Å²) in [5, 5.41) is 16.6. The number of nitrogens with one attached hydrogen (secondary N) is 2. The Kier molecular flexibility index (Phi) is 10.5. The standard InChI is InChI=1S/C22H26ClN3O5S/c1-3-31-14-17-7-5-4-6-16(17)13-24-22(28)19(10-11-32-2)25-21(27)15-8-9-18(23)20(12-15)26(29)30/h4-9,12,19H,3,10-11,13-14H2,1-2H3,(H,24,28)(H,25,27). The van der Waals surface area contributed by atoms with Crippen LogP contribution in [0.4, 0.5) is 5.69 Å². The van der Waals surface area contributed by atoms with Crippen LogP contribution in [0.2, 0.25) is 5.02 Å². The van der Waals surface area contributed by atoms with Crippen LogP contribution >= 0.6 is 23.4 Å². The predicted octanol–water partition coefficient (Wildman–Crippen LogP) is 3.95. The lowest BCUT2D eigenvalue weighted by atomic mass is 10.1. The van der Waals surface area contributed by atoms with E-state index in [2.05, 4.69) is 10.6 Å². The normalized spacial score (nSPS) is 11.6. The van der Waals surface area contributed by atoms with Gasteiger partial charge in [0.15, 0.2) is 0 Å². The van der Waals surface area contributed by atoms with Crippen LogP contribution in [0.5, 0.6) is 0 Å². The van der Waals surface area contributed by atoms with Gasteiger partial charge in [0.05, 0.1) is 11.5 Å². The van der Waals surface area contributed by atoms with Gasteiger partial charge < -0.3 is 15.4 Å². The zero-order chi connectivity index (χ0) is 23.5. The van der Waals surface area contributed by atoms with Crippen LogP contribution in [0.15, 0.2) is 42.5 Å². The minimum atomic E-state index is -0.788. The highest BCUT2D eigenvalue weighted by atomic mass is 35.5. The second-order valence-corrected chi connectivity index (χ2v) is 8.25. The van der Waals surface area contributed by atoms with Crippen molar-refractivity contribution in [2.24, 2.45) is 0 Å². The molecule has 2 N–H and O–H groups in total. The summed E-state index contributed by atoms with van der Waals surface area (Å²) in [5.74, 6) is -0.259. The van der Waals surface area contributed by atoms with E-state index in [4.69, 9.17) is 16.3 Å². The van der Waals surface area contributed by atoms with Gasteiger partial charge in [0.1, 0.15) is 11.1 Å². The first-order chi connectivity index (χ1) is 15.4. The van der Waals surface area contributed by atoms with Gasteiger partial charge in [-0.2, -0.15) is 11.8 Å². The van der Waals surface area contributed by atoms with Crippen LogP contribution in [0.25, 0.3) is 0 Å². The molecule has 0 aliphatic heterocycles. The number of hydrogen-bond acceptors (Lipinski definition) is 6. The summed E-state index contributed by atoms with van der Waals surface area (Å²) in [6.45, 7) is 3.25. The maximum atomic E-state index is 12.8. The minimum Gasteiger partial charge on any atom is -0.377 e. The molecule has 1 unspecified atom stereocenters.